The molecule has 5 heteroatoms. The van der Waals surface area contributed by atoms with E-state index >= 15 is 0 Å². The average molecular weight is 320 g/mol. The molecule has 0 spiro atoms. The van der Waals surface area contributed by atoms with Crippen molar-refractivity contribution in [2.75, 3.05) is 19.8 Å². The molecule has 2 rings (SSSR count). The first-order chi connectivity index (χ1) is 11.1. The fourth-order valence-electron chi connectivity index (χ4n) is 2.76. The van der Waals surface area contributed by atoms with Gasteiger partial charge < -0.3 is 20.1 Å². The van der Waals surface area contributed by atoms with Crippen LogP contribution in [-0.4, -0.2) is 41.8 Å². The Morgan fingerprint density at radius 3 is 2.96 bits per heavy atom. The van der Waals surface area contributed by atoms with Crippen molar-refractivity contribution >= 4 is 6.03 Å². The lowest BCUT2D eigenvalue weighted by atomic mass is 10.1. The van der Waals surface area contributed by atoms with Gasteiger partial charge in [0, 0.05) is 18.7 Å². The zero-order valence-electron chi connectivity index (χ0n) is 14.1. The molecule has 1 unspecified atom stereocenters. The summed E-state index contributed by atoms with van der Waals surface area (Å²) in [6, 6.07) is 7.64. The summed E-state index contributed by atoms with van der Waals surface area (Å²) >= 11 is 0. The first-order valence-corrected chi connectivity index (χ1v) is 8.48. The van der Waals surface area contributed by atoms with Crippen LogP contribution in [0.1, 0.15) is 38.7 Å². The molecule has 2 N–H and O–H groups in total. The number of likely N-dealkylation sites (tertiary alicyclic amines) is 1. The summed E-state index contributed by atoms with van der Waals surface area (Å²) in [7, 11) is 0. The predicted molar refractivity (Wildman–Crippen MR) is 90.4 cm³/mol. The van der Waals surface area contributed by atoms with Crippen LogP contribution in [0.3, 0.4) is 0 Å². The highest BCUT2D eigenvalue weighted by Crippen LogP contribution is 2.20. The molecule has 0 radical (unpaired) electrons. The van der Waals surface area contributed by atoms with Gasteiger partial charge in [-0.1, -0.05) is 32.0 Å². The van der Waals surface area contributed by atoms with E-state index in [1.165, 1.54) is 0 Å². The number of hydrogen-bond acceptors (Lipinski definition) is 3. The van der Waals surface area contributed by atoms with Gasteiger partial charge in [-0.3, -0.25) is 0 Å². The average Bonchev–Trinajstić information content (AvgIpc) is 3.02. The van der Waals surface area contributed by atoms with E-state index in [1.807, 2.05) is 24.3 Å². The molecule has 0 bridgehead atoms. The molecule has 1 aromatic carbocycles. The summed E-state index contributed by atoms with van der Waals surface area (Å²) in [5.74, 6) is 1.43. The van der Waals surface area contributed by atoms with Gasteiger partial charge >= 0.3 is 6.03 Å². The Labute approximate surface area is 138 Å². The van der Waals surface area contributed by atoms with Crippen molar-refractivity contribution in [3.63, 3.8) is 0 Å². The number of rotatable bonds is 7. The molecule has 2 amide bonds. The van der Waals surface area contributed by atoms with Crippen LogP contribution in [0.25, 0.3) is 0 Å². The molecule has 0 saturated carbocycles. The third-order valence-electron chi connectivity index (χ3n) is 4.20. The molecule has 128 valence electrons. The number of aliphatic hydroxyl groups is 1. The maximum atomic E-state index is 12.3. The van der Waals surface area contributed by atoms with E-state index in [1.54, 1.807) is 4.90 Å². The molecule has 1 fully saturated rings. The summed E-state index contributed by atoms with van der Waals surface area (Å²) in [5, 5.41) is 12.3. The zero-order valence-corrected chi connectivity index (χ0v) is 14.1. The van der Waals surface area contributed by atoms with Gasteiger partial charge in [0.1, 0.15) is 5.75 Å². The van der Waals surface area contributed by atoms with Crippen LogP contribution >= 0.6 is 0 Å². The first-order valence-electron chi connectivity index (χ1n) is 8.48. The van der Waals surface area contributed by atoms with Crippen molar-refractivity contribution in [1.29, 1.82) is 0 Å². The number of aliphatic hydroxyl groups excluding tert-OH is 1. The standard InChI is InChI=1S/C18H28N2O3/c1-14(2)9-11-23-17-8-4-3-6-15(17)12-19-18(22)20-10-5-7-16(20)13-21/h3-4,6,8,14,16,21H,5,7,9-13H2,1-2H3,(H,19,22). The number of para-hydroxylation sites is 1. The van der Waals surface area contributed by atoms with E-state index in [4.69, 9.17) is 4.74 Å². The quantitative estimate of drug-likeness (QED) is 0.812. The Balaban J connectivity index is 1.88. The highest BCUT2D eigenvalue weighted by atomic mass is 16.5. The Morgan fingerprint density at radius 1 is 1.43 bits per heavy atom. The molecular formula is C18H28N2O3. The SMILES string of the molecule is CC(C)CCOc1ccccc1CNC(=O)N1CCCC1CO. The molecule has 1 heterocycles. The minimum Gasteiger partial charge on any atom is -0.493 e. The molecule has 1 aliphatic heterocycles. The number of ether oxygens (including phenoxy) is 1. The predicted octanol–water partition coefficient (Wildman–Crippen LogP) is 2.78. The second-order valence-electron chi connectivity index (χ2n) is 6.47. The maximum Gasteiger partial charge on any atom is 0.317 e. The number of nitrogens with one attached hydrogen (secondary N) is 1. The second kappa shape index (κ2) is 8.77. The van der Waals surface area contributed by atoms with Crippen molar-refractivity contribution < 1.29 is 14.6 Å². The molecule has 5 nitrogen and oxygen atoms in total. The van der Waals surface area contributed by atoms with Gasteiger partial charge in [-0.05, 0) is 31.2 Å². The van der Waals surface area contributed by atoms with Crippen LogP contribution in [-0.2, 0) is 6.54 Å². The van der Waals surface area contributed by atoms with Crippen LogP contribution in [0.4, 0.5) is 4.79 Å². The highest BCUT2D eigenvalue weighted by Gasteiger charge is 2.27. The Bertz CT molecular complexity index is 505. The summed E-state index contributed by atoms with van der Waals surface area (Å²) in [4.78, 5) is 14.0. The molecule has 23 heavy (non-hydrogen) atoms. The third kappa shape index (κ3) is 5.13. The van der Waals surface area contributed by atoms with E-state index in [9.17, 15) is 9.90 Å². The van der Waals surface area contributed by atoms with Crippen molar-refractivity contribution in [2.24, 2.45) is 5.92 Å². The summed E-state index contributed by atoms with van der Waals surface area (Å²) < 4.78 is 5.84. The minimum absolute atomic E-state index is 0.0301. The minimum atomic E-state index is -0.112. The van der Waals surface area contributed by atoms with Crippen molar-refractivity contribution in [2.45, 2.75) is 45.7 Å². The summed E-state index contributed by atoms with van der Waals surface area (Å²) in [5.41, 5.74) is 0.976. The summed E-state index contributed by atoms with van der Waals surface area (Å²) in [6.45, 7) is 6.20. The van der Waals surface area contributed by atoms with Gasteiger partial charge in [0.05, 0.1) is 19.3 Å². The number of benzene rings is 1. The third-order valence-corrected chi connectivity index (χ3v) is 4.20. The topological polar surface area (TPSA) is 61.8 Å². The van der Waals surface area contributed by atoms with Crippen LogP contribution in [0.2, 0.25) is 0 Å². The molecule has 1 atom stereocenters. The smallest absolute Gasteiger partial charge is 0.317 e. The molecule has 1 aliphatic rings. The largest absolute Gasteiger partial charge is 0.493 e. The molecule has 1 saturated heterocycles. The van der Waals surface area contributed by atoms with E-state index < -0.39 is 0 Å². The van der Waals surface area contributed by atoms with Crippen molar-refractivity contribution in [1.82, 2.24) is 10.2 Å². The van der Waals surface area contributed by atoms with Crippen molar-refractivity contribution in [3.05, 3.63) is 29.8 Å². The normalized spacial score (nSPS) is 17.6. The molecule has 0 aliphatic carbocycles. The maximum absolute atomic E-state index is 12.3. The van der Waals surface area contributed by atoms with E-state index in [-0.39, 0.29) is 18.7 Å². The lowest BCUT2D eigenvalue weighted by Gasteiger charge is -2.23. The summed E-state index contributed by atoms with van der Waals surface area (Å²) in [6.07, 6.45) is 2.83. The van der Waals surface area contributed by atoms with Crippen LogP contribution in [0, 0.1) is 5.92 Å². The fraction of sp³-hybridized carbons (Fsp3) is 0.611. The van der Waals surface area contributed by atoms with Gasteiger partial charge in [-0.25, -0.2) is 4.79 Å². The number of amides is 2. The highest BCUT2D eigenvalue weighted by molar-refractivity contribution is 5.75. The lowest BCUT2D eigenvalue weighted by Crippen LogP contribution is -2.43. The van der Waals surface area contributed by atoms with E-state index in [0.717, 1.165) is 30.6 Å². The molecule has 0 aromatic heterocycles. The van der Waals surface area contributed by atoms with E-state index in [0.29, 0.717) is 25.6 Å². The Hall–Kier alpha value is -1.75. The van der Waals surface area contributed by atoms with Crippen LogP contribution in [0.5, 0.6) is 5.75 Å². The number of nitrogens with zero attached hydrogens (tertiary/aromatic N) is 1. The van der Waals surface area contributed by atoms with Crippen LogP contribution < -0.4 is 10.1 Å². The van der Waals surface area contributed by atoms with Gasteiger partial charge in [0.15, 0.2) is 0 Å². The second-order valence-corrected chi connectivity index (χ2v) is 6.47. The van der Waals surface area contributed by atoms with E-state index in [2.05, 4.69) is 19.2 Å². The van der Waals surface area contributed by atoms with Gasteiger partial charge in [-0.2, -0.15) is 0 Å². The molecular weight excluding hydrogens is 292 g/mol. The Morgan fingerprint density at radius 2 is 2.22 bits per heavy atom. The monoisotopic (exact) mass is 320 g/mol. The number of urea groups is 1. The number of hydrogen-bond donors (Lipinski definition) is 2. The van der Waals surface area contributed by atoms with Gasteiger partial charge in [0.25, 0.3) is 0 Å². The zero-order chi connectivity index (χ0) is 16.7. The Kier molecular flexibility index (Phi) is 6.71. The lowest BCUT2D eigenvalue weighted by molar-refractivity contribution is 0.157. The number of carbonyl (C=O) groups excluding carboxylic acids is 1. The van der Waals surface area contributed by atoms with Gasteiger partial charge in [0.2, 0.25) is 0 Å². The van der Waals surface area contributed by atoms with Crippen LogP contribution in [0.15, 0.2) is 24.3 Å². The first kappa shape index (κ1) is 17.6. The fourth-order valence-corrected chi connectivity index (χ4v) is 2.76. The van der Waals surface area contributed by atoms with Gasteiger partial charge in [-0.15, -0.1) is 0 Å². The van der Waals surface area contributed by atoms with Crippen molar-refractivity contribution in [3.8, 4) is 5.75 Å². The number of carbonyl (C=O) groups is 1. The molecule has 1 aromatic rings.